The quantitative estimate of drug-likeness (QED) is 0.572. The lowest BCUT2D eigenvalue weighted by atomic mass is 9.88. The zero-order chi connectivity index (χ0) is 17.9. The molecule has 23 heavy (non-hydrogen) atoms. The number of carbonyl (C=O) groups is 1. The van der Waals surface area contributed by atoms with Gasteiger partial charge in [-0.25, -0.2) is 4.79 Å². The van der Waals surface area contributed by atoms with E-state index < -0.39 is 30.1 Å². The smallest absolute Gasteiger partial charge is 0.453 e. The van der Waals surface area contributed by atoms with Crippen molar-refractivity contribution in [3.05, 3.63) is 35.4 Å². The molecule has 1 aromatic rings. The van der Waals surface area contributed by atoms with Gasteiger partial charge in [-0.15, -0.1) is 0 Å². The molecule has 0 aliphatic heterocycles. The first-order valence-corrected chi connectivity index (χ1v) is 6.74. The van der Waals surface area contributed by atoms with Crippen LogP contribution in [0.3, 0.4) is 0 Å². The van der Waals surface area contributed by atoms with Gasteiger partial charge in [0.1, 0.15) is 0 Å². The van der Waals surface area contributed by atoms with Gasteiger partial charge in [0, 0.05) is 7.11 Å². The average molecular weight is 340 g/mol. The van der Waals surface area contributed by atoms with Gasteiger partial charge in [0.05, 0.1) is 24.2 Å². The van der Waals surface area contributed by atoms with Gasteiger partial charge in [0.2, 0.25) is 0 Å². The molecule has 0 radical (unpaired) electrons. The lowest BCUT2D eigenvalue weighted by Gasteiger charge is -2.33. The van der Waals surface area contributed by atoms with Crippen molar-refractivity contribution in [1.82, 2.24) is 0 Å². The third kappa shape index (κ3) is 4.40. The second-order valence-corrected chi connectivity index (χ2v) is 5.12. The van der Waals surface area contributed by atoms with Crippen LogP contribution in [-0.4, -0.2) is 31.8 Å². The molecule has 8 heteroatoms. The van der Waals surface area contributed by atoms with Gasteiger partial charge in [-0.05, 0) is 31.5 Å². The molecule has 0 N–H and O–H groups in total. The fourth-order valence-electron chi connectivity index (χ4n) is 2.01. The average Bonchev–Trinajstić information content (AvgIpc) is 2.46. The summed E-state index contributed by atoms with van der Waals surface area (Å²) in [5, 5.41) is 0. The number of hydrogen-bond donors (Lipinski definition) is 0. The number of ether oxygens (including phenoxy) is 2. The summed E-state index contributed by atoms with van der Waals surface area (Å²) in [7, 11) is 1.03. The Morgan fingerprint density at radius 2 is 1.78 bits per heavy atom. The van der Waals surface area contributed by atoms with Crippen molar-refractivity contribution in [3.63, 3.8) is 0 Å². The third-order valence-electron chi connectivity index (χ3n) is 3.41. The Balaban J connectivity index is 3.19. The molecule has 1 atom stereocenters. The van der Waals surface area contributed by atoms with E-state index >= 15 is 0 Å². The van der Waals surface area contributed by atoms with E-state index in [1.807, 2.05) is 0 Å². The number of esters is 1. The SMILES string of the molecule is CCOC(=O)c1cccc(C(C)(CC(F)(F)C(F)(F)F)OC)c1. The molecular formula is C15H17F5O3. The summed E-state index contributed by atoms with van der Waals surface area (Å²) < 4.78 is 73.8. The molecule has 0 aromatic heterocycles. The monoisotopic (exact) mass is 340 g/mol. The molecular weight excluding hydrogens is 323 g/mol. The van der Waals surface area contributed by atoms with Gasteiger partial charge in [-0.3, -0.25) is 0 Å². The Morgan fingerprint density at radius 3 is 2.26 bits per heavy atom. The number of benzene rings is 1. The largest absolute Gasteiger partial charge is 0.462 e. The molecule has 3 nitrogen and oxygen atoms in total. The Morgan fingerprint density at radius 1 is 1.17 bits per heavy atom. The number of alkyl halides is 5. The number of hydrogen-bond acceptors (Lipinski definition) is 3. The lowest BCUT2D eigenvalue weighted by Crippen LogP contribution is -2.43. The molecule has 0 aliphatic rings. The molecule has 0 heterocycles. The summed E-state index contributed by atoms with van der Waals surface area (Å²) in [6.07, 6.45) is -7.29. The molecule has 0 bridgehead atoms. The van der Waals surface area contributed by atoms with Crippen LogP contribution in [0.1, 0.15) is 36.2 Å². The molecule has 1 unspecified atom stereocenters. The van der Waals surface area contributed by atoms with Crippen LogP contribution in [0.5, 0.6) is 0 Å². The van der Waals surface area contributed by atoms with E-state index in [0.29, 0.717) is 0 Å². The molecule has 0 saturated heterocycles. The highest BCUT2D eigenvalue weighted by Gasteiger charge is 2.60. The molecule has 1 rings (SSSR count). The number of carbonyl (C=O) groups excluding carboxylic acids is 1. The van der Waals surface area contributed by atoms with Crippen LogP contribution in [0.25, 0.3) is 0 Å². The van der Waals surface area contributed by atoms with E-state index in [1.54, 1.807) is 6.92 Å². The first-order valence-electron chi connectivity index (χ1n) is 6.74. The van der Waals surface area contributed by atoms with Crippen LogP contribution in [-0.2, 0) is 15.1 Å². The second-order valence-electron chi connectivity index (χ2n) is 5.12. The van der Waals surface area contributed by atoms with Crippen molar-refractivity contribution >= 4 is 5.97 Å². The number of methoxy groups -OCH3 is 1. The fraction of sp³-hybridized carbons (Fsp3) is 0.533. The van der Waals surface area contributed by atoms with Crippen LogP contribution in [0.15, 0.2) is 24.3 Å². The molecule has 0 aliphatic carbocycles. The summed E-state index contributed by atoms with van der Waals surface area (Å²) in [6.45, 7) is 2.80. The zero-order valence-corrected chi connectivity index (χ0v) is 12.8. The van der Waals surface area contributed by atoms with E-state index in [0.717, 1.165) is 14.0 Å². The van der Waals surface area contributed by atoms with Gasteiger partial charge in [-0.2, -0.15) is 22.0 Å². The van der Waals surface area contributed by atoms with Crippen molar-refractivity contribution in [2.75, 3.05) is 13.7 Å². The van der Waals surface area contributed by atoms with E-state index in [-0.39, 0.29) is 17.7 Å². The predicted octanol–water partition coefficient (Wildman–Crippen LogP) is 4.31. The molecule has 0 fully saturated rings. The molecule has 0 amide bonds. The maximum absolute atomic E-state index is 13.4. The van der Waals surface area contributed by atoms with Gasteiger partial charge >= 0.3 is 18.1 Å². The van der Waals surface area contributed by atoms with Gasteiger partial charge in [-0.1, -0.05) is 12.1 Å². The molecule has 0 spiro atoms. The minimum absolute atomic E-state index is 0.0227. The van der Waals surface area contributed by atoms with E-state index in [9.17, 15) is 26.7 Å². The van der Waals surface area contributed by atoms with Gasteiger partial charge in [0.15, 0.2) is 0 Å². The topological polar surface area (TPSA) is 35.5 Å². The third-order valence-corrected chi connectivity index (χ3v) is 3.41. The Labute approximate surface area is 130 Å². The Kier molecular flexibility index (Phi) is 5.74. The van der Waals surface area contributed by atoms with Crippen molar-refractivity contribution in [2.45, 2.75) is 38.0 Å². The maximum atomic E-state index is 13.4. The maximum Gasteiger partial charge on any atom is 0.453 e. The standard InChI is InChI=1S/C15H17F5O3/c1-4-23-12(21)10-6-5-7-11(8-10)13(2,22-3)9-14(16,17)15(18,19)20/h5-8H,4,9H2,1-3H3. The van der Waals surface area contributed by atoms with E-state index in [4.69, 9.17) is 9.47 Å². The highest BCUT2D eigenvalue weighted by atomic mass is 19.4. The number of halogens is 5. The predicted molar refractivity (Wildman–Crippen MR) is 72.4 cm³/mol. The van der Waals surface area contributed by atoms with Crippen LogP contribution in [0.4, 0.5) is 22.0 Å². The van der Waals surface area contributed by atoms with Crippen molar-refractivity contribution in [3.8, 4) is 0 Å². The van der Waals surface area contributed by atoms with Crippen LogP contribution in [0, 0.1) is 0 Å². The normalized spacial score (nSPS) is 15.1. The van der Waals surface area contributed by atoms with Gasteiger partial charge < -0.3 is 9.47 Å². The fourth-order valence-corrected chi connectivity index (χ4v) is 2.01. The van der Waals surface area contributed by atoms with Crippen LogP contribution >= 0.6 is 0 Å². The minimum Gasteiger partial charge on any atom is -0.462 e. The summed E-state index contributed by atoms with van der Waals surface area (Å²) in [5.41, 5.74) is -1.86. The Bertz CT molecular complexity index is 556. The second kappa shape index (κ2) is 6.82. The molecule has 130 valence electrons. The minimum atomic E-state index is -5.69. The van der Waals surface area contributed by atoms with Gasteiger partial charge in [0.25, 0.3) is 0 Å². The van der Waals surface area contributed by atoms with Crippen molar-refractivity contribution < 1.29 is 36.2 Å². The van der Waals surface area contributed by atoms with E-state index in [2.05, 4.69) is 0 Å². The summed E-state index contributed by atoms with van der Waals surface area (Å²) in [4.78, 5) is 11.7. The summed E-state index contributed by atoms with van der Waals surface area (Å²) in [5.74, 6) is -5.63. The van der Waals surface area contributed by atoms with Crippen molar-refractivity contribution in [1.29, 1.82) is 0 Å². The lowest BCUT2D eigenvalue weighted by molar-refractivity contribution is -0.298. The van der Waals surface area contributed by atoms with Crippen LogP contribution in [0.2, 0.25) is 0 Å². The van der Waals surface area contributed by atoms with E-state index in [1.165, 1.54) is 24.3 Å². The summed E-state index contributed by atoms with van der Waals surface area (Å²) in [6, 6.07) is 5.25. The highest BCUT2D eigenvalue weighted by Crippen LogP contribution is 2.45. The van der Waals surface area contributed by atoms with Crippen molar-refractivity contribution in [2.24, 2.45) is 0 Å². The highest BCUT2D eigenvalue weighted by molar-refractivity contribution is 5.89. The first-order chi connectivity index (χ1) is 10.5. The summed E-state index contributed by atoms with van der Waals surface area (Å²) >= 11 is 0. The first kappa shape index (κ1) is 19.3. The molecule has 1 aromatic carbocycles. The Hall–Kier alpha value is -1.70. The number of rotatable bonds is 6. The zero-order valence-electron chi connectivity index (χ0n) is 12.8. The molecule has 0 saturated carbocycles. The van der Waals surface area contributed by atoms with Crippen LogP contribution < -0.4 is 0 Å².